The third-order valence-corrected chi connectivity index (χ3v) is 2.16. The van der Waals surface area contributed by atoms with E-state index in [0.29, 0.717) is 5.56 Å². The van der Waals surface area contributed by atoms with Crippen molar-refractivity contribution in [2.24, 2.45) is 0 Å². The molecule has 0 N–H and O–H groups in total. The van der Waals surface area contributed by atoms with Gasteiger partial charge in [0.05, 0.1) is 0 Å². The first-order valence-corrected chi connectivity index (χ1v) is 4.76. The van der Waals surface area contributed by atoms with Gasteiger partial charge in [0.15, 0.2) is 0 Å². The highest BCUT2D eigenvalue weighted by atomic mass is 19.4. The second-order valence-electron chi connectivity index (χ2n) is 3.37. The maximum atomic E-state index is 12.0. The predicted molar refractivity (Wildman–Crippen MR) is 59.9 cm³/mol. The molecule has 4 heteroatoms. The van der Waals surface area contributed by atoms with Gasteiger partial charge in [0.1, 0.15) is 0 Å². The first-order chi connectivity index (χ1) is 7.56. The van der Waals surface area contributed by atoms with Gasteiger partial charge in [-0.1, -0.05) is 36.4 Å². The Kier molecular flexibility index (Phi) is 2.61. The fourth-order valence-corrected chi connectivity index (χ4v) is 1.49. The molecular formula is C12H7BF3-. The highest BCUT2D eigenvalue weighted by Gasteiger charge is 2.18. The van der Waals surface area contributed by atoms with Crippen molar-refractivity contribution in [2.45, 2.75) is 0 Å². The Bertz CT molecular complexity index is 571. The summed E-state index contributed by atoms with van der Waals surface area (Å²) in [5.41, 5.74) is 0.414. The van der Waals surface area contributed by atoms with Crippen molar-refractivity contribution in [3.63, 3.8) is 0 Å². The Balaban J connectivity index is 2.56. The van der Waals surface area contributed by atoms with Gasteiger partial charge in [-0.2, -0.15) is 5.82 Å². The molecule has 2 aromatic rings. The Morgan fingerprint density at radius 3 is 2.31 bits per heavy atom. The van der Waals surface area contributed by atoms with Gasteiger partial charge in [0, 0.05) is 5.56 Å². The van der Waals surface area contributed by atoms with Crippen LogP contribution in [-0.4, -0.2) is 6.98 Å². The van der Waals surface area contributed by atoms with Crippen LogP contribution in [-0.2, 0) is 0 Å². The van der Waals surface area contributed by atoms with E-state index in [0.717, 1.165) is 10.8 Å². The smallest absolute Gasteiger partial charge is 0.438 e. The zero-order valence-electron chi connectivity index (χ0n) is 8.25. The Hall–Kier alpha value is -1.89. The SMILES string of the molecule is F[B-](F)(F)C#Cc1cccc2ccccc12. The van der Waals surface area contributed by atoms with Gasteiger partial charge in [0.25, 0.3) is 0 Å². The fourth-order valence-electron chi connectivity index (χ4n) is 1.49. The maximum absolute atomic E-state index is 12.0. The number of hydrogen-bond acceptors (Lipinski definition) is 0. The van der Waals surface area contributed by atoms with Crippen molar-refractivity contribution in [3.8, 4) is 11.7 Å². The van der Waals surface area contributed by atoms with Gasteiger partial charge in [-0.15, -0.1) is 5.92 Å². The normalized spacial score (nSPS) is 10.9. The summed E-state index contributed by atoms with van der Waals surface area (Å²) in [6.07, 6.45) is 0. The van der Waals surface area contributed by atoms with Crippen LogP contribution in [0.3, 0.4) is 0 Å². The second kappa shape index (κ2) is 3.94. The molecular weight excluding hydrogens is 212 g/mol. The lowest BCUT2D eigenvalue weighted by Gasteiger charge is -2.04. The zero-order valence-corrected chi connectivity index (χ0v) is 8.25. The molecule has 0 saturated heterocycles. The minimum absolute atomic E-state index is 0.414. The standard InChI is InChI=1S/C12H7BF3/c14-13(15,16)9-8-11-6-3-5-10-4-1-2-7-12(10)11/h1-7H/q-1. The van der Waals surface area contributed by atoms with Crippen LogP contribution in [0, 0.1) is 11.7 Å². The summed E-state index contributed by atoms with van der Waals surface area (Å²) in [7, 11) is 0. The molecule has 0 aromatic heterocycles. The molecule has 80 valence electrons. The molecule has 0 nitrogen and oxygen atoms in total. The lowest BCUT2D eigenvalue weighted by molar-refractivity contribution is 0.504. The summed E-state index contributed by atoms with van der Waals surface area (Å²) < 4.78 is 36.1. The Morgan fingerprint density at radius 1 is 0.875 bits per heavy atom. The summed E-state index contributed by atoms with van der Waals surface area (Å²) in [5, 5.41) is 1.64. The quantitative estimate of drug-likeness (QED) is 0.469. The average molecular weight is 219 g/mol. The predicted octanol–water partition coefficient (Wildman–Crippen LogP) is 3.58. The molecule has 0 spiro atoms. The monoisotopic (exact) mass is 219 g/mol. The molecule has 0 aliphatic rings. The van der Waals surface area contributed by atoms with Crippen LogP contribution in [0.4, 0.5) is 12.9 Å². The van der Waals surface area contributed by atoms with E-state index in [1.807, 2.05) is 18.2 Å². The number of fused-ring (bicyclic) bond motifs is 1. The van der Waals surface area contributed by atoms with Gasteiger partial charge < -0.3 is 12.9 Å². The minimum Gasteiger partial charge on any atom is -0.438 e. The van der Waals surface area contributed by atoms with Crippen molar-refractivity contribution >= 4 is 17.7 Å². The molecule has 0 fully saturated rings. The van der Waals surface area contributed by atoms with Crippen LogP contribution < -0.4 is 0 Å². The highest BCUT2D eigenvalue weighted by molar-refractivity contribution is 6.67. The first kappa shape index (κ1) is 10.6. The van der Waals surface area contributed by atoms with E-state index in [-0.39, 0.29) is 0 Å². The third-order valence-electron chi connectivity index (χ3n) is 2.16. The topological polar surface area (TPSA) is 0 Å². The molecule has 2 rings (SSSR count). The van der Waals surface area contributed by atoms with Crippen molar-refractivity contribution in [3.05, 3.63) is 48.0 Å². The molecule has 0 saturated carbocycles. The molecule has 0 heterocycles. The number of benzene rings is 2. The van der Waals surface area contributed by atoms with Gasteiger partial charge >= 0.3 is 6.98 Å². The van der Waals surface area contributed by atoms with E-state index >= 15 is 0 Å². The van der Waals surface area contributed by atoms with Gasteiger partial charge in [0.2, 0.25) is 0 Å². The first-order valence-electron chi connectivity index (χ1n) is 4.76. The van der Waals surface area contributed by atoms with Gasteiger partial charge in [-0.05, 0) is 16.8 Å². The lowest BCUT2D eigenvalue weighted by atomic mass is 9.92. The van der Waals surface area contributed by atoms with Crippen LogP contribution in [0.1, 0.15) is 5.56 Å². The Morgan fingerprint density at radius 2 is 1.56 bits per heavy atom. The lowest BCUT2D eigenvalue weighted by Crippen LogP contribution is -2.10. The third kappa shape index (κ3) is 2.37. The summed E-state index contributed by atoms with van der Waals surface area (Å²) in [5.74, 6) is 3.52. The largest absolute Gasteiger partial charge is 0.558 e. The zero-order chi connectivity index (χ0) is 11.6. The molecule has 0 atom stereocenters. The van der Waals surface area contributed by atoms with Gasteiger partial charge in [-0.3, -0.25) is 0 Å². The molecule has 0 aliphatic carbocycles. The van der Waals surface area contributed by atoms with Crippen molar-refractivity contribution < 1.29 is 12.9 Å². The molecule has 0 bridgehead atoms. The second-order valence-corrected chi connectivity index (χ2v) is 3.37. The number of hydrogen-bond donors (Lipinski definition) is 0. The van der Waals surface area contributed by atoms with Crippen LogP contribution in [0.15, 0.2) is 42.5 Å². The van der Waals surface area contributed by atoms with Crippen molar-refractivity contribution in [2.75, 3.05) is 0 Å². The highest BCUT2D eigenvalue weighted by Crippen LogP contribution is 2.17. The average Bonchev–Trinajstić information content (AvgIpc) is 2.25. The molecule has 0 aliphatic heterocycles. The van der Waals surface area contributed by atoms with E-state index in [2.05, 4.69) is 5.92 Å². The maximum Gasteiger partial charge on any atom is 0.558 e. The van der Waals surface area contributed by atoms with E-state index in [1.165, 1.54) is 5.82 Å². The van der Waals surface area contributed by atoms with Crippen LogP contribution in [0.2, 0.25) is 0 Å². The van der Waals surface area contributed by atoms with Crippen molar-refractivity contribution in [1.29, 1.82) is 0 Å². The number of rotatable bonds is 0. The minimum atomic E-state index is -5.05. The van der Waals surface area contributed by atoms with E-state index in [4.69, 9.17) is 0 Å². The molecule has 0 amide bonds. The van der Waals surface area contributed by atoms with Crippen LogP contribution in [0.25, 0.3) is 10.8 Å². The molecule has 2 aromatic carbocycles. The van der Waals surface area contributed by atoms with E-state index in [1.54, 1.807) is 24.3 Å². The molecule has 0 radical (unpaired) electrons. The van der Waals surface area contributed by atoms with Crippen LogP contribution >= 0.6 is 0 Å². The summed E-state index contributed by atoms with van der Waals surface area (Å²) >= 11 is 0. The van der Waals surface area contributed by atoms with Gasteiger partial charge in [-0.25, -0.2) is 0 Å². The Labute approximate surface area is 91.1 Å². The molecule has 0 unspecified atom stereocenters. The van der Waals surface area contributed by atoms with E-state index < -0.39 is 6.98 Å². The van der Waals surface area contributed by atoms with Crippen LogP contribution in [0.5, 0.6) is 0 Å². The number of halogens is 3. The molecule has 16 heavy (non-hydrogen) atoms. The summed E-state index contributed by atoms with van der Waals surface area (Å²) in [4.78, 5) is 0. The van der Waals surface area contributed by atoms with Crippen molar-refractivity contribution in [1.82, 2.24) is 0 Å². The fraction of sp³-hybridized carbons (Fsp3) is 0. The summed E-state index contributed by atoms with van der Waals surface area (Å²) in [6, 6.07) is 12.4. The summed E-state index contributed by atoms with van der Waals surface area (Å²) in [6.45, 7) is -5.05. The van der Waals surface area contributed by atoms with E-state index in [9.17, 15) is 12.9 Å².